The predicted molar refractivity (Wildman–Crippen MR) is 81.1 cm³/mol. The maximum absolute atomic E-state index is 12.4. The standard InChI is InChI=1S/C13H16N6O2S/c1-3-14-12(21)15-11(20)10(9-7-5-4-6-8-9)22-13-16-17-18-19(13)2/h4-8,10H,3H2,1-2H3,(H2,14,15,20,21). The molecule has 0 bridgehead atoms. The van der Waals surface area contributed by atoms with Crippen LogP contribution in [0.1, 0.15) is 17.7 Å². The molecule has 2 N–H and O–H groups in total. The van der Waals surface area contributed by atoms with Gasteiger partial charge in [0.25, 0.3) is 0 Å². The molecule has 8 nitrogen and oxygen atoms in total. The topological polar surface area (TPSA) is 102 Å². The van der Waals surface area contributed by atoms with Gasteiger partial charge >= 0.3 is 6.03 Å². The molecular weight excluding hydrogens is 304 g/mol. The maximum atomic E-state index is 12.4. The lowest BCUT2D eigenvalue weighted by atomic mass is 10.1. The molecule has 3 amide bonds. The fourth-order valence-corrected chi connectivity index (χ4v) is 2.65. The minimum atomic E-state index is -0.631. The van der Waals surface area contributed by atoms with E-state index in [0.717, 1.165) is 5.56 Å². The number of aryl methyl sites for hydroxylation is 1. The average Bonchev–Trinajstić information content (AvgIpc) is 2.91. The van der Waals surface area contributed by atoms with E-state index in [1.54, 1.807) is 14.0 Å². The summed E-state index contributed by atoms with van der Waals surface area (Å²) in [7, 11) is 1.69. The van der Waals surface area contributed by atoms with Gasteiger partial charge in [0.2, 0.25) is 11.1 Å². The first kappa shape index (κ1) is 16.0. The van der Waals surface area contributed by atoms with Crippen LogP contribution in [-0.2, 0) is 11.8 Å². The highest BCUT2D eigenvalue weighted by atomic mass is 32.2. The molecule has 2 aromatic rings. The first-order valence-electron chi connectivity index (χ1n) is 6.64. The number of rotatable bonds is 5. The second kappa shape index (κ2) is 7.55. The van der Waals surface area contributed by atoms with Gasteiger partial charge in [0.05, 0.1) is 0 Å². The Hall–Kier alpha value is -2.42. The number of amides is 3. The molecule has 22 heavy (non-hydrogen) atoms. The molecule has 2 rings (SSSR count). The summed E-state index contributed by atoms with van der Waals surface area (Å²) in [5.74, 6) is -0.426. The number of aromatic nitrogens is 4. The lowest BCUT2D eigenvalue weighted by molar-refractivity contribution is -0.119. The number of carbonyl (C=O) groups is 2. The van der Waals surface area contributed by atoms with Crippen molar-refractivity contribution < 1.29 is 9.59 Å². The van der Waals surface area contributed by atoms with Crippen molar-refractivity contribution in [2.45, 2.75) is 17.3 Å². The van der Waals surface area contributed by atoms with Crippen molar-refractivity contribution in [3.8, 4) is 0 Å². The van der Waals surface area contributed by atoms with Crippen molar-refractivity contribution in [3.63, 3.8) is 0 Å². The molecule has 0 spiro atoms. The number of carbonyl (C=O) groups excluding carboxylic acids is 2. The molecular formula is C13H16N6O2S. The molecule has 1 aromatic heterocycles. The summed E-state index contributed by atoms with van der Waals surface area (Å²) in [5, 5.41) is 15.9. The highest BCUT2D eigenvalue weighted by molar-refractivity contribution is 8.00. The summed E-state index contributed by atoms with van der Waals surface area (Å²) in [6, 6.07) is 8.63. The monoisotopic (exact) mass is 320 g/mol. The summed E-state index contributed by atoms with van der Waals surface area (Å²) >= 11 is 1.18. The van der Waals surface area contributed by atoms with Gasteiger partial charge < -0.3 is 5.32 Å². The molecule has 1 heterocycles. The van der Waals surface area contributed by atoms with Crippen LogP contribution in [0.15, 0.2) is 35.5 Å². The number of nitrogens with zero attached hydrogens (tertiary/aromatic N) is 4. The molecule has 1 unspecified atom stereocenters. The number of hydrogen-bond acceptors (Lipinski definition) is 6. The van der Waals surface area contributed by atoms with Gasteiger partial charge in [-0.2, -0.15) is 0 Å². The minimum Gasteiger partial charge on any atom is -0.338 e. The number of thioether (sulfide) groups is 1. The van der Waals surface area contributed by atoms with E-state index in [-0.39, 0.29) is 0 Å². The summed E-state index contributed by atoms with van der Waals surface area (Å²) in [6.07, 6.45) is 0. The number of tetrazole rings is 1. The van der Waals surface area contributed by atoms with E-state index in [1.165, 1.54) is 16.4 Å². The summed E-state index contributed by atoms with van der Waals surface area (Å²) in [6.45, 7) is 2.22. The van der Waals surface area contributed by atoms with Crippen molar-refractivity contribution >= 4 is 23.7 Å². The quantitative estimate of drug-likeness (QED) is 0.793. The lowest BCUT2D eigenvalue weighted by Gasteiger charge is -2.15. The van der Waals surface area contributed by atoms with Crippen molar-refractivity contribution in [1.29, 1.82) is 0 Å². The van der Waals surface area contributed by atoms with E-state index in [9.17, 15) is 9.59 Å². The number of imide groups is 1. The van der Waals surface area contributed by atoms with Crippen LogP contribution in [-0.4, -0.2) is 38.7 Å². The maximum Gasteiger partial charge on any atom is 0.321 e. The van der Waals surface area contributed by atoms with Gasteiger partial charge in [-0.1, -0.05) is 42.1 Å². The third kappa shape index (κ3) is 4.04. The Kier molecular flexibility index (Phi) is 5.48. The van der Waals surface area contributed by atoms with Gasteiger partial charge in [0.1, 0.15) is 5.25 Å². The second-order valence-corrected chi connectivity index (χ2v) is 5.41. The Bertz CT molecular complexity index is 645. The number of hydrogen-bond donors (Lipinski definition) is 2. The first-order chi connectivity index (χ1) is 10.6. The highest BCUT2D eigenvalue weighted by Crippen LogP contribution is 2.33. The van der Waals surface area contributed by atoms with E-state index < -0.39 is 17.2 Å². The Balaban J connectivity index is 2.20. The summed E-state index contributed by atoms with van der Waals surface area (Å²) in [4.78, 5) is 24.0. The lowest BCUT2D eigenvalue weighted by Crippen LogP contribution is -2.41. The van der Waals surface area contributed by atoms with Crippen molar-refractivity contribution in [2.24, 2.45) is 7.05 Å². The van der Waals surface area contributed by atoms with Gasteiger partial charge in [0.15, 0.2) is 0 Å². The fourth-order valence-electron chi connectivity index (χ4n) is 1.71. The van der Waals surface area contributed by atoms with Crippen molar-refractivity contribution in [2.75, 3.05) is 6.54 Å². The largest absolute Gasteiger partial charge is 0.338 e. The first-order valence-corrected chi connectivity index (χ1v) is 7.52. The number of nitrogens with one attached hydrogen (secondary N) is 2. The van der Waals surface area contributed by atoms with Crippen LogP contribution in [0.25, 0.3) is 0 Å². The van der Waals surface area contributed by atoms with Crippen LogP contribution in [0.5, 0.6) is 0 Å². The highest BCUT2D eigenvalue weighted by Gasteiger charge is 2.25. The Labute approximate surface area is 131 Å². The normalized spacial score (nSPS) is 11.7. The van der Waals surface area contributed by atoms with Gasteiger partial charge in [-0.3, -0.25) is 10.1 Å². The zero-order valence-corrected chi connectivity index (χ0v) is 13.0. The molecule has 0 saturated carbocycles. The summed E-state index contributed by atoms with van der Waals surface area (Å²) < 4.78 is 1.47. The molecule has 0 radical (unpaired) electrons. The van der Waals surface area contributed by atoms with E-state index in [1.807, 2.05) is 30.3 Å². The van der Waals surface area contributed by atoms with Crippen LogP contribution in [0.3, 0.4) is 0 Å². The molecule has 9 heteroatoms. The second-order valence-electron chi connectivity index (χ2n) is 4.34. The van der Waals surface area contributed by atoms with E-state index >= 15 is 0 Å². The Morgan fingerprint density at radius 3 is 2.64 bits per heavy atom. The zero-order valence-electron chi connectivity index (χ0n) is 12.2. The third-order valence-electron chi connectivity index (χ3n) is 2.72. The van der Waals surface area contributed by atoms with E-state index in [2.05, 4.69) is 26.2 Å². The van der Waals surface area contributed by atoms with Crippen LogP contribution < -0.4 is 10.6 Å². The number of benzene rings is 1. The molecule has 1 aromatic carbocycles. The molecule has 116 valence electrons. The average molecular weight is 320 g/mol. The van der Waals surface area contributed by atoms with Gasteiger partial charge in [-0.15, -0.1) is 5.10 Å². The van der Waals surface area contributed by atoms with E-state index in [0.29, 0.717) is 11.7 Å². The molecule has 0 saturated heterocycles. The van der Waals surface area contributed by atoms with Crippen molar-refractivity contribution in [3.05, 3.63) is 35.9 Å². The van der Waals surface area contributed by atoms with Gasteiger partial charge in [-0.25, -0.2) is 9.48 Å². The number of urea groups is 1. The smallest absolute Gasteiger partial charge is 0.321 e. The van der Waals surface area contributed by atoms with Gasteiger partial charge in [-0.05, 0) is 22.9 Å². The molecule has 0 aliphatic heterocycles. The van der Waals surface area contributed by atoms with Crippen LogP contribution in [0.4, 0.5) is 4.79 Å². The van der Waals surface area contributed by atoms with Gasteiger partial charge in [0, 0.05) is 13.6 Å². The molecule has 0 fully saturated rings. The predicted octanol–water partition coefficient (Wildman–Crippen LogP) is 0.889. The van der Waals surface area contributed by atoms with Crippen LogP contribution in [0.2, 0.25) is 0 Å². The van der Waals surface area contributed by atoms with Crippen LogP contribution in [0, 0.1) is 0 Å². The fraction of sp³-hybridized carbons (Fsp3) is 0.308. The summed E-state index contributed by atoms with van der Waals surface area (Å²) in [5.41, 5.74) is 0.761. The Morgan fingerprint density at radius 1 is 1.32 bits per heavy atom. The van der Waals surface area contributed by atoms with Crippen molar-refractivity contribution in [1.82, 2.24) is 30.8 Å². The zero-order chi connectivity index (χ0) is 15.9. The van der Waals surface area contributed by atoms with E-state index in [4.69, 9.17) is 0 Å². The molecule has 0 aliphatic carbocycles. The third-order valence-corrected chi connectivity index (χ3v) is 4.00. The Morgan fingerprint density at radius 2 is 2.05 bits per heavy atom. The minimum absolute atomic E-state index is 0.426. The SMILES string of the molecule is CCNC(=O)NC(=O)C(Sc1nnnn1C)c1ccccc1. The molecule has 0 aliphatic rings. The van der Waals surface area contributed by atoms with Crippen LogP contribution >= 0.6 is 11.8 Å². The molecule has 1 atom stereocenters.